The summed E-state index contributed by atoms with van der Waals surface area (Å²) in [6.07, 6.45) is -0.906. The summed E-state index contributed by atoms with van der Waals surface area (Å²) < 4.78 is 5.23. The number of esters is 1. The first-order valence-corrected chi connectivity index (χ1v) is 7.82. The summed E-state index contributed by atoms with van der Waals surface area (Å²) in [5.41, 5.74) is 2.79. The quantitative estimate of drug-likeness (QED) is 0.573. The Hall–Kier alpha value is -1.84. The Morgan fingerprint density at radius 3 is 2.30 bits per heavy atom. The summed E-state index contributed by atoms with van der Waals surface area (Å²) in [5, 5.41) is 0.610. The van der Waals surface area contributed by atoms with Crippen LogP contribution < -0.4 is 0 Å². The molecule has 2 rings (SSSR count). The van der Waals surface area contributed by atoms with E-state index in [2.05, 4.69) is 0 Å². The molecule has 0 N–H and O–H groups in total. The molecule has 0 saturated carbocycles. The summed E-state index contributed by atoms with van der Waals surface area (Å²) in [6, 6.07) is 9.85. The van der Waals surface area contributed by atoms with E-state index in [0.717, 1.165) is 11.1 Å². The highest BCUT2D eigenvalue weighted by molar-refractivity contribution is 6.36. The number of hydrogen-bond acceptors (Lipinski definition) is 3. The zero-order chi connectivity index (χ0) is 17.1. The fraction of sp³-hybridized carbons (Fsp3) is 0.222. The van der Waals surface area contributed by atoms with E-state index in [0.29, 0.717) is 10.6 Å². The first-order chi connectivity index (χ1) is 10.8. The number of aryl methyl sites for hydroxylation is 2. The van der Waals surface area contributed by atoms with Crippen molar-refractivity contribution in [3.05, 3.63) is 68.7 Å². The maximum atomic E-state index is 12.4. The summed E-state index contributed by atoms with van der Waals surface area (Å²) in [5.74, 6) is -0.914. The van der Waals surface area contributed by atoms with Crippen molar-refractivity contribution in [2.45, 2.75) is 26.9 Å². The fourth-order valence-corrected chi connectivity index (χ4v) is 2.55. The van der Waals surface area contributed by atoms with Gasteiger partial charge in [-0.3, -0.25) is 4.79 Å². The van der Waals surface area contributed by atoms with Crippen LogP contribution in [0, 0.1) is 13.8 Å². The van der Waals surface area contributed by atoms with Gasteiger partial charge < -0.3 is 4.74 Å². The van der Waals surface area contributed by atoms with Crippen LogP contribution >= 0.6 is 23.2 Å². The molecule has 0 fully saturated rings. The van der Waals surface area contributed by atoms with E-state index in [9.17, 15) is 9.59 Å². The molecule has 0 aliphatic heterocycles. The van der Waals surface area contributed by atoms with Gasteiger partial charge in [-0.25, -0.2) is 4.79 Å². The second-order valence-corrected chi connectivity index (χ2v) is 6.18. The number of ether oxygens (including phenoxy) is 1. The first kappa shape index (κ1) is 17.5. The molecule has 0 bridgehead atoms. The van der Waals surface area contributed by atoms with E-state index in [1.165, 1.54) is 12.1 Å². The fourth-order valence-electron chi connectivity index (χ4n) is 2.06. The van der Waals surface area contributed by atoms with E-state index >= 15 is 0 Å². The van der Waals surface area contributed by atoms with Gasteiger partial charge in [-0.15, -0.1) is 0 Å². The Balaban J connectivity index is 2.14. The van der Waals surface area contributed by atoms with Crippen LogP contribution in [0.5, 0.6) is 0 Å². The number of carbonyl (C=O) groups is 2. The number of carbonyl (C=O) groups excluding carboxylic acids is 2. The smallest absolute Gasteiger partial charge is 0.340 e. The molecular weight excluding hydrogens is 335 g/mol. The highest BCUT2D eigenvalue weighted by atomic mass is 35.5. The van der Waals surface area contributed by atoms with Gasteiger partial charge in [0, 0.05) is 10.6 Å². The van der Waals surface area contributed by atoms with Gasteiger partial charge in [-0.05, 0) is 56.2 Å². The number of hydrogen-bond donors (Lipinski definition) is 0. The second kappa shape index (κ2) is 7.16. The highest BCUT2D eigenvalue weighted by Gasteiger charge is 2.22. The van der Waals surface area contributed by atoms with E-state index in [-0.39, 0.29) is 16.4 Å². The Labute approximate surface area is 145 Å². The lowest BCUT2D eigenvalue weighted by molar-refractivity contribution is 0.0319. The minimum absolute atomic E-state index is 0.177. The van der Waals surface area contributed by atoms with E-state index in [4.69, 9.17) is 27.9 Å². The third-order valence-corrected chi connectivity index (χ3v) is 4.14. The molecule has 0 aliphatic carbocycles. The van der Waals surface area contributed by atoms with Crippen LogP contribution in [0.1, 0.15) is 38.8 Å². The van der Waals surface area contributed by atoms with Crippen molar-refractivity contribution < 1.29 is 14.3 Å². The molecule has 0 heterocycles. The molecule has 0 amide bonds. The van der Waals surface area contributed by atoms with E-state index in [1.807, 2.05) is 19.9 Å². The Kier molecular flexibility index (Phi) is 5.45. The molecule has 120 valence electrons. The maximum Gasteiger partial charge on any atom is 0.340 e. The molecule has 5 heteroatoms. The summed E-state index contributed by atoms with van der Waals surface area (Å²) >= 11 is 11.8. The van der Waals surface area contributed by atoms with Gasteiger partial charge >= 0.3 is 5.97 Å². The highest BCUT2D eigenvalue weighted by Crippen LogP contribution is 2.22. The molecule has 0 aromatic heterocycles. The molecule has 0 unspecified atom stereocenters. The lowest BCUT2D eigenvalue weighted by atomic mass is 10.0. The average Bonchev–Trinajstić information content (AvgIpc) is 2.49. The van der Waals surface area contributed by atoms with Crippen molar-refractivity contribution in [1.29, 1.82) is 0 Å². The zero-order valence-electron chi connectivity index (χ0n) is 13.0. The van der Waals surface area contributed by atoms with Crippen LogP contribution in [0.2, 0.25) is 10.0 Å². The van der Waals surface area contributed by atoms with Crippen LogP contribution in [0.15, 0.2) is 36.4 Å². The summed E-state index contributed by atoms with van der Waals surface area (Å²) in [6.45, 7) is 5.44. The third-order valence-electron chi connectivity index (χ3n) is 3.60. The number of benzene rings is 2. The molecule has 23 heavy (non-hydrogen) atoms. The van der Waals surface area contributed by atoms with Crippen molar-refractivity contribution >= 4 is 35.0 Å². The van der Waals surface area contributed by atoms with Crippen molar-refractivity contribution in [2.24, 2.45) is 0 Å². The minimum atomic E-state index is -0.906. The van der Waals surface area contributed by atoms with Crippen LogP contribution in [-0.2, 0) is 4.74 Å². The molecule has 0 spiro atoms. The Bertz CT molecular complexity index is 769. The van der Waals surface area contributed by atoms with E-state index < -0.39 is 12.1 Å². The molecule has 0 radical (unpaired) electrons. The van der Waals surface area contributed by atoms with Crippen molar-refractivity contribution in [3.8, 4) is 0 Å². The molecule has 0 aliphatic rings. The van der Waals surface area contributed by atoms with Crippen molar-refractivity contribution in [3.63, 3.8) is 0 Å². The standard InChI is InChI=1S/C18H16Cl2O3/c1-10-4-5-13(8-11(10)2)17(21)12(3)23-18(22)15-7-6-14(19)9-16(15)20/h4-9,12H,1-3H3/t12-/m1/s1. The van der Waals surface area contributed by atoms with Crippen LogP contribution in [-0.4, -0.2) is 17.9 Å². The van der Waals surface area contributed by atoms with Crippen LogP contribution in [0.25, 0.3) is 0 Å². The molecule has 2 aromatic carbocycles. The number of ketones is 1. The predicted octanol–water partition coefficient (Wildman–Crippen LogP) is 5.04. The summed E-state index contributed by atoms with van der Waals surface area (Å²) in [4.78, 5) is 24.5. The topological polar surface area (TPSA) is 43.4 Å². The monoisotopic (exact) mass is 350 g/mol. The second-order valence-electron chi connectivity index (χ2n) is 5.33. The maximum absolute atomic E-state index is 12.4. The predicted molar refractivity (Wildman–Crippen MR) is 91.6 cm³/mol. The van der Waals surface area contributed by atoms with Gasteiger partial charge in [-0.2, -0.15) is 0 Å². The zero-order valence-corrected chi connectivity index (χ0v) is 14.5. The molecule has 3 nitrogen and oxygen atoms in total. The molecular formula is C18H16Cl2O3. The molecule has 2 aromatic rings. The number of rotatable bonds is 4. The normalized spacial score (nSPS) is 11.9. The number of Topliss-reactive ketones (excluding diaryl/α,β-unsaturated/α-hetero) is 1. The van der Waals surface area contributed by atoms with Crippen LogP contribution in [0.3, 0.4) is 0 Å². The Morgan fingerprint density at radius 2 is 1.70 bits per heavy atom. The van der Waals surface area contributed by atoms with Gasteiger partial charge in [0.25, 0.3) is 0 Å². The SMILES string of the molecule is Cc1ccc(C(=O)[C@@H](C)OC(=O)c2ccc(Cl)cc2Cl)cc1C. The largest absolute Gasteiger partial charge is 0.451 e. The first-order valence-electron chi connectivity index (χ1n) is 7.07. The van der Waals surface area contributed by atoms with Crippen molar-refractivity contribution in [2.75, 3.05) is 0 Å². The van der Waals surface area contributed by atoms with Crippen LogP contribution in [0.4, 0.5) is 0 Å². The van der Waals surface area contributed by atoms with Gasteiger partial charge in [0.1, 0.15) is 0 Å². The molecule has 1 atom stereocenters. The van der Waals surface area contributed by atoms with Gasteiger partial charge in [0.05, 0.1) is 10.6 Å². The van der Waals surface area contributed by atoms with Gasteiger partial charge in [0.15, 0.2) is 6.10 Å². The number of halogens is 2. The molecule has 0 saturated heterocycles. The summed E-state index contributed by atoms with van der Waals surface area (Å²) in [7, 11) is 0. The van der Waals surface area contributed by atoms with Crippen molar-refractivity contribution in [1.82, 2.24) is 0 Å². The minimum Gasteiger partial charge on any atom is -0.451 e. The Morgan fingerprint density at radius 1 is 1.00 bits per heavy atom. The van der Waals surface area contributed by atoms with Gasteiger partial charge in [-0.1, -0.05) is 35.3 Å². The third kappa shape index (κ3) is 4.12. The van der Waals surface area contributed by atoms with Gasteiger partial charge in [0.2, 0.25) is 5.78 Å². The van der Waals surface area contributed by atoms with E-state index in [1.54, 1.807) is 25.1 Å². The lowest BCUT2D eigenvalue weighted by Crippen LogP contribution is -2.24. The average molecular weight is 351 g/mol. The lowest BCUT2D eigenvalue weighted by Gasteiger charge is -2.14.